The summed E-state index contributed by atoms with van der Waals surface area (Å²) < 4.78 is 5.02. The molecule has 0 bridgehead atoms. The Hall–Kier alpha value is -1.34. The first-order chi connectivity index (χ1) is 6.72. The van der Waals surface area contributed by atoms with Crippen molar-refractivity contribution in [2.75, 3.05) is 12.4 Å². The maximum absolute atomic E-state index is 11.4. The molecule has 0 N–H and O–H groups in total. The van der Waals surface area contributed by atoms with Gasteiger partial charge in [0.2, 0.25) is 0 Å². The molecule has 0 unspecified atom stereocenters. The summed E-state index contributed by atoms with van der Waals surface area (Å²) in [7, 11) is 1.49. The fourth-order valence-corrected chi connectivity index (χ4v) is 1.37. The van der Waals surface area contributed by atoms with Crippen LogP contribution >= 0.6 is 15.9 Å². The number of ketones is 1. The summed E-state index contributed by atoms with van der Waals surface area (Å²) in [6, 6.07) is 6.74. The first kappa shape index (κ1) is 10.7. The van der Waals surface area contributed by atoms with Gasteiger partial charge in [-0.3, -0.25) is 4.79 Å². The van der Waals surface area contributed by atoms with Crippen molar-refractivity contribution in [3.8, 4) is 11.8 Å². The Morgan fingerprint density at radius 1 is 1.64 bits per heavy atom. The molecule has 0 aliphatic carbocycles. The van der Waals surface area contributed by atoms with Crippen LogP contribution in [-0.4, -0.2) is 18.2 Å². The summed E-state index contributed by atoms with van der Waals surface area (Å²) in [5.74, 6) is 0.396. The molecule has 72 valence electrons. The average molecular weight is 254 g/mol. The fourth-order valence-electron chi connectivity index (χ4n) is 1.07. The van der Waals surface area contributed by atoms with Gasteiger partial charge in [-0.15, -0.1) is 0 Å². The molecule has 3 nitrogen and oxygen atoms in total. The zero-order valence-corrected chi connectivity index (χ0v) is 9.17. The molecule has 0 heterocycles. The van der Waals surface area contributed by atoms with E-state index in [9.17, 15) is 4.79 Å². The lowest BCUT2D eigenvalue weighted by Gasteiger charge is -2.05. The Kier molecular flexibility index (Phi) is 3.66. The lowest BCUT2D eigenvalue weighted by atomic mass is 10.1. The number of halogens is 1. The Morgan fingerprint density at radius 3 is 2.86 bits per heavy atom. The third kappa shape index (κ3) is 2.12. The summed E-state index contributed by atoms with van der Waals surface area (Å²) in [5.41, 5.74) is 0.888. The smallest absolute Gasteiger partial charge is 0.177 e. The predicted molar refractivity (Wildman–Crippen MR) is 55.8 cm³/mol. The summed E-state index contributed by atoms with van der Waals surface area (Å²) >= 11 is 3.07. The van der Waals surface area contributed by atoms with Gasteiger partial charge >= 0.3 is 0 Å². The average Bonchev–Trinajstić information content (AvgIpc) is 2.27. The number of methoxy groups -OCH3 is 1. The molecule has 1 rings (SSSR count). The van der Waals surface area contributed by atoms with Gasteiger partial charge in [-0.1, -0.05) is 15.9 Å². The Bertz CT molecular complexity index is 396. The maximum Gasteiger partial charge on any atom is 0.177 e. The molecular formula is C10H8BrNO2. The van der Waals surface area contributed by atoms with Crippen molar-refractivity contribution in [2.45, 2.75) is 0 Å². The minimum absolute atomic E-state index is 0.0982. The van der Waals surface area contributed by atoms with Gasteiger partial charge in [0.25, 0.3) is 0 Å². The lowest BCUT2D eigenvalue weighted by molar-refractivity contribution is 0.102. The molecule has 0 fully saturated rings. The number of nitriles is 1. The number of nitrogens with zero attached hydrogens (tertiary/aromatic N) is 1. The molecule has 1 aromatic carbocycles. The van der Waals surface area contributed by atoms with Crippen molar-refractivity contribution < 1.29 is 9.53 Å². The number of Topliss-reactive ketones (excluding diaryl/α,β-unsaturated/α-hetero) is 1. The highest BCUT2D eigenvalue weighted by Crippen LogP contribution is 2.20. The van der Waals surface area contributed by atoms with Crippen LogP contribution in [0.25, 0.3) is 0 Å². The van der Waals surface area contributed by atoms with Gasteiger partial charge in [-0.05, 0) is 18.2 Å². The van der Waals surface area contributed by atoms with E-state index in [1.54, 1.807) is 12.1 Å². The molecule has 0 saturated carbocycles. The predicted octanol–water partition coefficient (Wildman–Crippen LogP) is 2.14. The van der Waals surface area contributed by atoms with Gasteiger partial charge in [-0.2, -0.15) is 5.26 Å². The quantitative estimate of drug-likeness (QED) is 0.613. The molecule has 0 aliphatic heterocycles. The highest BCUT2D eigenvalue weighted by Gasteiger charge is 2.11. The summed E-state index contributed by atoms with van der Waals surface area (Å²) in [6.07, 6.45) is 0. The molecule has 4 heteroatoms. The molecule has 1 aromatic rings. The van der Waals surface area contributed by atoms with E-state index in [0.29, 0.717) is 16.9 Å². The number of hydrogen-bond acceptors (Lipinski definition) is 3. The van der Waals surface area contributed by atoms with Crippen molar-refractivity contribution in [1.82, 2.24) is 0 Å². The van der Waals surface area contributed by atoms with Gasteiger partial charge in [0.15, 0.2) is 5.78 Å². The van der Waals surface area contributed by atoms with Gasteiger partial charge < -0.3 is 4.74 Å². The summed E-state index contributed by atoms with van der Waals surface area (Å²) in [5, 5.41) is 8.89. The second-order valence-electron chi connectivity index (χ2n) is 2.58. The monoisotopic (exact) mass is 253 g/mol. The molecule has 0 radical (unpaired) electrons. The third-order valence-corrected chi connectivity index (χ3v) is 2.26. The minimum Gasteiger partial charge on any atom is -0.496 e. The molecule has 0 atom stereocenters. The van der Waals surface area contributed by atoms with Crippen LogP contribution in [0.3, 0.4) is 0 Å². The highest BCUT2D eigenvalue weighted by atomic mass is 79.9. The van der Waals surface area contributed by atoms with E-state index in [0.717, 1.165) is 0 Å². The van der Waals surface area contributed by atoms with E-state index in [1.807, 2.05) is 6.07 Å². The molecular weight excluding hydrogens is 246 g/mol. The number of ether oxygens (including phenoxy) is 1. The van der Waals surface area contributed by atoms with Crippen molar-refractivity contribution in [3.05, 3.63) is 29.3 Å². The SMILES string of the molecule is COc1ccc(C#N)cc1C(=O)CBr. The van der Waals surface area contributed by atoms with Crippen molar-refractivity contribution in [3.63, 3.8) is 0 Å². The van der Waals surface area contributed by atoms with Crippen LogP contribution in [0.4, 0.5) is 0 Å². The Labute approximate surface area is 90.4 Å². The highest BCUT2D eigenvalue weighted by molar-refractivity contribution is 9.09. The van der Waals surface area contributed by atoms with Crippen LogP contribution in [0.1, 0.15) is 15.9 Å². The second kappa shape index (κ2) is 4.77. The molecule has 0 spiro atoms. The van der Waals surface area contributed by atoms with Crippen LogP contribution in [0, 0.1) is 11.3 Å². The topological polar surface area (TPSA) is 50.1 Å². The van der Waals surface area contributed by atoms with E-state index in [-0.39, 0.29) is 11.1 Å². The van der Waals surface area contributed by atoms with Crippen LogP contribution in [0.15, 0.2) is 18.2 Å². The number of hydrogen-bond donors (Lipinski definition) is 0. The van der Waals surface area contributed by atoms with Crippen molar-refractivity contribution in [1.29, 1.82) is 5.26 Å². The number of carbonyl (C=O) groups is 1. The molecule has 0 aliphatic rings. The minimum atomic E-state index is -0.0982. The van der Waals surface area contributed by atoms with E-state index < -0.39 is 0 Å². The van der Waals surface area contributed by atoms with Crippen molar-refractivity contribution >= 4 is 21.7 Å². The fraction of sp³-hybridized carbons (Fsp3) is 0.200. The number of rotatable bonds is 3. The molecule has 0 amide bonds. The first-order valence-electron chi connectivity index (χ1n) is 3.90. The number of alkyl halides is 1. The second-order valence-corrected chi connectivity index (χ2v) is 3.14. The number of benzene rings is 1. The molecule has 0 saturated heterocycles. The van der Waals surface area contributed by atoms with E-state index in [2.05, 4.69) is 15.9 Å². The van der Waals surface area contributed by atoms with Crippen molar-refractivity contribution in [2.24, 2.45) is 0 Å². The number of carbonyl (C=O) groups excluding carboxylic acids is 1. The van der Waals surface area contributed by atoms with Crippen LogP contribution in [0.5, 0.6) is 5.75 Å². The van der Waals surface area contributed by atoms with Gasteiger partial charge in [0.1, 0.15) is 5.75 Å². The zero-order valence-electron chi connectivity index (χ0n) is 7.58. The zero-order chi connectivity index (χ0) is 10.6. The Balaban J connectivity index is 3.23. The third-order valence-electron chi connectivity index (χ3n) is 1.75. The van der Waals surface area contributed by atoms with E-state index in [4.69, 9.17) is 10.00 Å². The van der Waals surface area contributed by atoms with E-state index >= 15 is 0 Å². The lowest BCUT2D eigenvalue weighted by Crippen LogP contribution is -2.03. The molecule has 0 aromatic heterocycles. The molecule has 14 heavy (non-hydrogen) atoms. The van der Waals surface area contributed by atoms with E-state index in [1.165, 1.54) is 13.2 Å². The van der Waals surface area contributed by atoms with Crippen LogP contribution in [-0.2, 0) is 0 Å². The summed E-state index contributed by atoms with van der Waals surface area (Å²) in [6.45, 7) is 0. The maximum atomic E-state index is 11.4. The largest absolute Gasteiger partial charge is 0.496 e. The van der Waals surface area contributed by atoms with Gasteiger partial charge in [0.05, 0.1) is 29.6 Å². The van der Waals surface area contributed by atoms with Crippen LogP contribution < -0.4 is 4.74 Å². The summed E-state index contributed by atoms with van der Waals surface area (Å²) in [4.78, 5) is 11.4. The van der Waals surface area contributed by atoms with Gasteiger partial charge in [0, 0.05) is 0 Å². The Morgan fingerprint density at radius 2 is 2.36 bits per heavy atom. The normalized spacial score (nSPS) is 9.21. The van der Waals surface area contributed by atoms with Gasteiger partial charge in [-0.25, -0.2) is 0 Å². The first-order valence-corrected chi connectivity index (χ1v) is 5.02. The van der Waals surface area contributed by atoms with Crippen LogP contribution in [0.2, 0.25) is 0 Å². The standard InChI is InChI=1S/C10H8BrNO2/c1-14-10-3-2-7(6-12)4-8(10)9(13)5-11/h2-4H,5H2,1H3.